The van der Waals surface area contributed by atoms with E-state index in [1.54, 1.807) is 30.5 Å². The van der Waals surface area contributed by atoms with Gasteiger partial charge in [0.1, 0.15) is 23.7 Å². The highest BCUT2D eigenvalue weighted by Crippen LogP contribution is 2.47. The number of nitrogens with zero attached hydrogens (tertiary/aromatic N) is 1. The smallest absolute Gasteiger partial charge is 0.338 e. The number of nitrogens with one attached hydrogen (secondary N) is 2. The zero-order valence-corrected chi connectivity index (χ0v) is 25.6. The summed E-state index contributed by atoms with van der Waals surface area (Å²) in [6.45, 7) is 0.507. The Hall–Kier alpha value is -5.00. The third kappa shape index (κ3) is 6.65. The van der Waals surface area contributed by atoms with Crippen molar-refractivity contribution < 1.29 is 32.6 Å². The molecule has 0 atom stereocenters. The summed E-state index contributed by atoms with van der Waals surface area (Å²) in [7, 11) is 1.54. The van der Waals surface area contributed by atoms with Crippen LogP contribution in [0.25, 0.3) is 20.7 Å². The predicted molar refractivity (Wildman–Crippen MR) is 172 cm³/mol. The van der Waals surface area contributed by atoms with E-state index in [2.05, 4.69) is 15.6 Å². The van der Waals surface area contributed by atoms with E-state index < -0.39 is 34.8 Å². The van der Waals surface area contributed by atoms with Crippen LogP contribution in [0.1, 0.15) is 34.3 Å². The standard InChI is InChI=1S/C35H29F2N3O5S/c1-44-16-17-45-32(41)22-4-2-21(3-5-22)30-20-29-31(46-30)24(12-15-38-29)18-23-6-9-27(19-28(23)37)40-34(43)35(13-14-35)33(42)39-26-10-7-25(36)8-11-26/h2-12,15,19-20H,13-14,16-18H2,1H3,(H,39,42)(H,40,43). The lowest BCUT2D eigenvalue weighted by Gasteiger charge is -2.16. The van der Waals surface area contributed by atoms with E-state index in [0.29, 0.717) is 42.7 Å². The molecule has 234 valence electrons. The van der Waals surface area contributed by atoms with E-state index >= 15 is 4.39 Å². The van der Waals surface area contributed by atoms with Gasteiger partial charge >= 0.3 is 5.97 Å². The molecule has 2 amide bonds. The van der Waals surface area contributed by atoms with Crippen LogP contribution in [-0.4, -0.2) is 43.1 Å². The Morgan fingerprint density at radius 3 is 2.22 bits per heavy atom. The highest BCUT2D eigenvalue weighted by molar-refractivity contribution is 7.22. The van der Waals surface area contributed by atoms with Crippen LogP contribution in [0.3, 0.4) is 0 Å². The molecule has 2 aromatic heterocycles. The van der Waals surface area contributed by atoms with E-state index in [1.165, 1.54) is 48.8 Å². The average Bonchev–Trinajstić information content (AvgIpc) is 3.76. The number of pyridine rings is 1. The molecule has 1 fully saturated rings. The molecule has 8 nitrogen and oxygen atoms in total. The zero-order valence-electron chi connectivity index (χ0n) is 24.8. The number of hydrogen-bond donors (Lipinski definition) is 2. The lowest BCUT2D eigenvalue weighted by molar-refractivity contribution is -0.131. The first kappa shape index (κ1) is 31.0. The monoisotopic (exact) mass is 641 g/mol. The minimum absolute atomic E-state index is 0.180. The fourth-order valence-corrected chi connectivity index (χ4v) is 6.17. The van der Waals surface area contributed by atoms with Crippen molar-refractivity contribution in [2.75, 3.05) is 31.0 Å². The number of halogens is 2. The fraction of sp³-hybridized carbons (Fsp3) is 0.200. The largest absolute Gasteiger partial charge is 0.460 e. The molecule has 1 aliphatic carbocycles. The third-order valence-corrected chi connectivity index (χ3v) is 9.08. The second-order valence-electron chi connectivity index (χ2n) is 11.0. The SMILES string of the molecule is COCCOC(=O)c1ccc(-c2cc3nccc(Cc4ccc(NC(=O)C5(C(=O)Nc6ccc(F)cc6)CC5)cc4F)c3s2)cc1. The number of esters is 1. The number of thiophene rings is 1. The number of benzene rings is 3. The van der Waals surface area contributed by atoms with Gasteiger partial charge in [-0.25, -0.2) is 13.6 Å². The number of methoxy groups -OCH3 is 1. The summed E-state index contributed by atoms with van der Waals surface area (Å²) in [6.07, 6.45) is 2.71. The molecule has 0 radical (unpaired) electrons. The van der Waals surface area contributed by atoms with Gasteiger partial charge in [-0.05, 0) is 90.2 Å². The maximum absolute atomic E-state index is 15.3. The van der Waals surface area contributed by atoms with Gasteiger partial charge in [0.25, 0.3) is 0 Å². The predicted octanol–water partition coefficient (Wildman–Crippen LogP) is 6.99. The van der Waals surface area contributed by atoms with E-state index in [1.807, 2.05) is 24.3 Å². The molecule has 2 N–H and O–H groups in total. The molecule has 0 saturated heterocycles. The van der Waals surface area contributed by atoms with Crippen LogP contribution in [0.15, 0.2) is 85.1 Å². The van der Waals surface area contributed by atoms with Gasteiger partial charge in [0.2, 0.25) is 11.8 Å². The summed E-state index contributed by atoms with van der Waals surface area (Å²) in [5.74, 6) is -2.35. The van der Waals surface area contributed by atoms with Crippen molar-refractivity contribution in [1.29, 1.82) is 0 Å². The Balaban J connectivity index is 1.13. The van der Waals surface area contributed by atoms with Gasteiger partial charge in [-0.1, -0.05) is 18.2 Å². The van der Waals surface area contributed by atoms with Crippen molar-refractivity contribution in [2.45, 2.75) is 19.3 Å². The van der Waals surface area contributed by atoms with Gasteiger partial charge in [0.15, 0.2) is 0 Å². The number of amides is 2. The normalized spacial score (nSPS) is 13.3. The lowest BCUT2D eigenvalue weighted by atomic mass is 10.0. The molecule has 11 heteroatoms. The zero-order chi connectivity index (χ0) is 32.3. The van der Waals surface area contributed by atoms with Crippen molar-refractivity contribution in [2.24, 2.45) is 5.41 Å². The van der Waals surface area contributed by atoms with Crippen LogP contribution in [0.2, 0.25) is 0 Å². The lowest BCUT2D eigenvalue weighted by Crippen LogP contribution is -2.35. The molecule has 0 aliphatic heterocycles. The van der Waals surface area contributed by atoms with Crippen LogP contribution in [0.4, 0.5) is 20.2 Å². The molecular formula is C35H29F2N3O5S. The number of carbonyl (C=O) groups excluding carboxylic acids is 3. The topological polar surface area (TPSA) is 107 Å². The molecule has 3 aromatic carbocycles. The molecule has 5 aromatic rings. The number of ether oxygens (including phenoxy) is 2. The summed E-state index contributed by atoms with van der Waals surface area (Å²) in [6, 6.07) is 20.7. The first-order valence-corrected chi connectivity index (χ1v) is 15.4. The molecule has 2 heterocycles. The first-order valence-electron chi connectivity index (χ1n) is 14.6. The number of aromatic nitrogens is 1. The second kappa shape index (κ2) is 13.2. The maximum Gasteiger partial charge on any atom is 0.338 e. The van der Waals surface area contributed by atoms with Gasteiger partial charge in [-0.2, -0.15) is 0 Å². The van der Waals surface area contributed by atoms with E-state index in [0.717, 1.165) is 26.2 Å². The number of anilines is 2. The molecule has 6 rings (SSSR count). The molecule has 0 spiro atoms. The highest BCUT2D eigenvalue weighted by atomic mass is 32.1. The Kier molecular flexibility index (Phi) is 8.87. The van der Waals surface area contributed by atoms with Crippen molar-refractivity contribution in [3.05, 3.63) is 113 Å². The molecule has 0 bridgehead atoms. The Bertz CT molecular complexity index is 1920. The summed E-state index contributed by atoms with van der Waals surface area (Å²) in [5.41, 5.74) is 2.84. The summed E-state index contributed by atoms with van der Waals surface area (Å²) in [4.78, 5) is 43.6. The van der Waals surface area contributed by atoms with Gasteiger partial charge in [0, 0.05) is 36.0 Å². The minimum atomic E-state index is -1.25. The van der Waals surface area contributed by atoms with Crippen molar-refractivity contribution in [3.8, 4) is 10.4 Å². The maximum atomic E-state index is 15.3. The van der Waals surface area contributed by atoms with Crippen LogP contribution in [-0.2, 0) is 25.5 Å². The van der Waals surface area contributed by atoms with Crippen LogP contribution < -0.4 is 10.6 Å². The molecule has 1 saturated carbocycles. The molecule has 0 unspecified atom stereocenters. The van der Waals surface area contributed by atoms with Crippen molar-refractivity contribution in [1.82, 2.24) is 4.98 Å². The van der Waals surface area contributed by atoms with Gasteiger partial charge < -0.3 is 20.1 Å². The Labute approximate surface area is 267 Å². The molecule has 46 heavy (non-hydrogen) atoms. The second-order valence-corrected chi connectivity index (χ2v) is 12.0. The summed E-state index contributed by atoms with van der Waals surface area (Å²) < 4.78 is 39.5. The van der Waals surface area contributed by atoms with E-state index in [4.69, 9.17) is 9.47 Å². The summed E-state index contributed by atoms with van der Waals surface area (Å²) in [5, 5.41) is 5.35. The van der Waals surface area contributed by atoms with Crippen molar-refractivity contribution >= 4 is 50.7 Å². The minimum Gasteiger partial charge on any atom is -0.460 e. The van der Waals surface area contributed by atoms with Crippen LogP contribution in [0.5, 0.6) is 0 Å². The fourth-order valence-electron chi connectivity index (χ4n) is 5.03. The van der Waals surface area contributed by atoms with Crippen LogP contribution in [0, 0.1) is 17.0 Å². The van der Waals surface area contributed by atoms with Gasteiger partial charge in [-0.15, -0.1) is 11.3 Å². The highest BCUT2D eigenvalue weighted by Gasteiger charge is 2.56. The third-order valence-electron chi connectivity index (χ3n) is 7.83. The average molecular weight is 642 g/mol. The van der Waals surface area contributed by atoms with Crippen molar-refractivity contribution in [3.63, 3.8) is 0 Å². The first-order chi connectivity index (χ1) is 22.3. The summed E-state index contributed by atoms with van der Waals surface area (Å²) >= 11 is 1.53. The Morgan fingerprint density at radius 2 is 1.54 bits per heavy atom. The quantitative estimate of drug-likeness (QED) is 0.0915. The van der Waals surface area contributed by atoms with Gasteiger partial charge in [-0.3, -0.25) is 14.6 Å². The number of rotatable bonds is 11. The van der Waals surface area contributed by atoms with Crippen LogP contribution >= 0.6 is 11.3 Å². The van der Waals surface area contributed by atoms with E-state index in [9.17, 15) is 18.8 Å². The van der Waals surface area contributed by atoms with Gasteiger partial charge in [0.05, 0.1) is 22.4 Å². The molecular weight excluding hydrogens is 612 g/mol. The Morgan fingerprint density at radius 1 is 0.848 bits per heavy atom. The number of fused-ring (bicyclic) bond motifs is 1. The number of hydrogen-bond acceptors (Lipinski definition) is 7. The number of carbonyl (C=O) groups is 3. The molecule has 1 aliphatic rings. The van der Waals surface area contributed by atoms with E-state index in [-0.39, 0.29) is 12.3 Å².